The molecule has 1 heteroatoms. The van der Waals surface area contributed by atoms with Gasteiger partial charge in [0.05, 0.1) is 6.61 Å². The highest BCUT2D eigenvalue weighted by Crippen LogP contribution is 2.29. The van der Waals surface area contributed by atoms with Gasteiger partial charge in [0.2, 0.25) is 0 Å². The van der Waals surface area contributed by atoms with E-state index in [4.69, 9.17) is 4.74 Å². The van der Waals surface area contributed by atoms with E-state index in [0.29, 0.717) is 0 Å². The standard InChI is InChI=1S/C18H24O/c1-3-5-6-7-12-17-16-11-9-8-10-15(16)13-14-18(17)19-4-2/h8-11,13-14H,3-7,12H2,1-2H3. The van der Waals surface area contributed by atoms with Crippen molar-refractivity contribution in [1.82, 2.24) is 0 Å². The molecule has 19 heavy (non-hydrogen) atoms. The van der Waals surface area contributed by atoms with Crippen molar-refractivity contribution in [2.24, 2.45) is 0 Å². The first kappa shape index (κ1) is 13.9. The van der Waals surface area contributed by atoms with Gasteiger partial charge < -0.3 is 4.74 Å². The fourth-order valence-electron chi connectivity index (χ4n) is 2.59. The Morgan fingerprint density at radius 3 is 2.53 bits per heavy atom. The summed E-state index contributed by atoms with van der Waals surface area (Å²) in [4.78, 5) is 0. The van der Waals surface area contributed by atoms with Crippen LogP contribution < -0.4 is 4.74 Å². The van der Waals surface area contributed by atoms with Gasteiger partial charge in [0, 0.05) is 5.56 Å². The maximum Gasteiger partial charge on any atom is 0.123 e. The quantitative estimate of drug-likeness (QED) is 0.606. The number of fused-ring (bicyclic) bond motifs is 1. The third-order valence-corrected chi connectivity index (χ3v) is 3.58. The molecule has 0 heterocycles. The van der Waals surface area contributed by atoms with E-state index in [9.17, 15) is 0 Å². The Hall–Kier alpha value is -1.50. The molecule has 0 aliphatic carbocycles. The second kappa shape index (κ2) is 7.18. The molecule has 102 valence electrons. The minimum absolute atomic E-state index is 0.736. The van der Waals surface area contributed by atoms with Gasteiger partial charge in [-0.1, -0.05) is 56.5 Å². The molecular weight excluding hydrogens is 232 g/mol. The molecule has 0 saturated carbocycles. The molecule has 0 unspecified atom stereocenters. The van der Waals surface area contributed by atoms with Crippen LogP contribution in [-0.4, -0.2) is 6.61 Å². The molecule has 2 rings (SSSR count). The van der Waals surface area contributed by atoms with Gasteiger partial charge in [-0.3, -0.25) is 0 Å². The van der Waals surface area contributed by atoms with E-state index in [1.54, 1.807) is 0 Å². The average Bonchev–Trinajstić information content (AvgIpc) is 2.45. The van der Waals surface area contributed by atoms with Crippen LogP contribution >= 0.6 is 0 Å². The summed E-state index contributed by atoms with van der Waals surface area (Å²) in [7, 11) is 0. The molecule has 2 aromatic carbocycles. The first-order valence-electron chi connectivity index (χ1n) is 7.50. The Kier molecular flexibility index (Phi) is 5.26. The molecule has 0 bridgehead atoms. The van der Waals surface area contributed by atoms with Gasteiger partial charge in [0.25, 0.3) is 0 Å². The van der Waals surface area contributed by atoms with Gasteiger partial charge in [0.1, 0.15) is 5.75 Å². The van der Waals surface area contributed by atoms with E-state index in [1.807, 2.05) is 0 Å². The number of benzene rings is 2. The van der Waals surface area contributed by atoms with E-state index in [0.717, 1.165) is 18.8 Å². The van der Waals surface area contributed by atoms with Crippen molar-refractivity contribution in [2.75, 3.05) is 6.61 Å². The third-order valence-electron chi connectivity index (χ3n) is 3.58. The van der Waals surface area contributed by atoms with Crippen molar-refractivity contribution in [1.29, 1.82) is 0 Å². The smallest absolute Gasteiger partial charge is 0.123 e. The predicted molar refractivity (Wildman–Crippen MR) is 83.0 cm³/mol. The minimum Gasteiger partial charge on any atom is -0.494 e. The van der Waals surface area contributed by atoms with Crippen LogP contribution in [0.1, 0.15) is 45.1 Å². The lowest BCUT2D eigenvalue weighted by atomic mass is 9.98. The van der Waals surface area contributed by atoms with Crippen molar-refractivity contribution >= 4 is 10.8 Å². The van der Waals surface area contributed by atoms with Crippen LogP contribution in [0.4, 0.5) is 0 Å². The van der Waals surface area contributed by atoms with Crippen LogP contribution in [-0.2, 0) is 6.42 Å². The van der Waals surface area contributed by atoms with Crippen molar-refractivity contribution in [3.05, 3.63) is 42.0 Å². The zero-order valence-corrected chi connectivity index (χ0v) is 12.1. The van der Waals surface area contributed by atoms with Crippen LogP contribution in [0, 0.1) is 0 Å². The topological polar surface area (TPSA) is 9.23 Å². The van der Waals surface area contributed by atoms with Gasteiger partial charge in [-0.25, -0.2) is 0 Å². The molecule has 0 radical (unpaired) electrons. The van der Waals surface area contributed by atoms with Gasteiger partial charge in [-0.2, -0.15) is 0 Å². The Morgan fingerprint density at radius 1 is 0.895 bits per heavy atom. The normalized spacial score (nSPS) is 10.8. The number of hydrogen-bond donors (Lipinski definition) is 0. The number of ether oxygens (including phenoxy) is 1. The van der Waals surface area contributed by atoms with E-state index in [1.165, 1.54) is 42.0 Å². The summed E-state index contributed by atoms with van der Waals surface area (Å²) in [5.41, 5.74) is 1.39. The van der Waals surface area contributed by atoms with E-state index < -0.39 is 0 Å². The van der Waals surface area contributed by atoms with E-state index in [-0.39, 0.29) is 0 Å². The van der Waals surface area contributed by atoms with E-state index in [2.05, 4.69) is 50.2 Å². The summed E-state index contributed by atoms with van der Waals surface area (Å²) in [5.74, 6) is 1.07. The van der Waals surface area contributed by atoms with Crippen molar-refractivity contribution < 1.29 is 4.74 Å². The van der Waals surface area contributed by atoms with Crippen LogP contribution in [0.15, 0.2) is 36.4 Å². The molecule has 1 nitrogen and oxygen atoms in total. The summed E-state index contributed by atoms with van der Waals surface area (Å²) in [6.07, 6.45) is 6.30. The molecule has 0 N–H and O–H groups in total. The summed E-state index contributed by atoms with van der Waals surface area (Å²) in [6, 6.07) is 12.9. The molecule has 0 atom stereocenters. The molecule has 0 aliphatic heterocycles. The second-order valence-electron chi connectivity index (χ2n) is 5.01. The first-order chi connectivity index (χ1) is 9.36. The number of hydrogen-bond acceptors (Lipinski definition) is 1. The molecule has 0 spiro atoms. The van der Waals surface area contributed by atoms with Gasteiger partial charge in [0.15, 0.2) is 0 Å². The average molecular weight is 256 g/mol. The van der Waals surface area contributed by atoms with Crippen molar-refractivity contribution in [3.8, 4) is 5.75 Å². The van der Waals surface area contributed by atoms with Crippen LogP contribution in [0.5, 0.6) is 5.75 Å². The predicted octanol–water partition coefficient (Wildman–Crippen LogP) is 5.36. The minimum atomic E-state index is 0.736. The fraction of sp³-hybridized carbons (Fsp3) is 0.444. The monoisotopic (exact) mass is 256 g/mol. The maximum absolute atomic E-state index is 5.80. The van der Waals surface area contributed by atoms with Crippen LogP contribution in [0.25, 0.3) is 10.8 Å². The zero-order valence-electron chi connectivity index (χ0n) is 12.1. The summed E-state index contributed by atoms with van der Waals surface area (Å²) in [5, 5.41) is 2.67. The highest BCUT2D eigenvalue weighted by Gasteiger charge is 2.08. The summed E-state index contributed by atoms with van der Waals surface area (Å²) in [6.45, 7) is 5.04. The number of unbranched alkanes of at least 4 members (excludes halogenated alkanes) is 3. The lowest BCUT2D eigenvalue weighted by molar-refractivity contribution is 0.337. The third kappa shape index (κ3) is 3.50. The Morgan fingerprint density at radius 2 is 1.74 bits per heavy atom. The Bertz CT molecular complexity index is 516. The number of aryl methyl sites for hydroxylation is 1. The Labute approximate surface area is 116 Å². The highest BCUT2D eigenvalue weighted by atomic mass is 16.5. The van der Waals surface area contributed by atoms with Crippen LogP contribution in [0.2, 0.25) is 0 Å². The van der Waals surface area contributed by atoms with E-state index >= 15 is 0 Å². The summed E-state index contributed by atoms with van der Waals surface area (Å²) < 4.78 is 5.80. The lowest BCUT2D eigenvalue weighted by Gasteiger charge is -2.13. The maximum atomic E-state index is 5.80. The molecule has 0 aromatic heterocycles. The SMILES string of the molecule is CCCCCCc1c(OCC)ccc2ccccc12. The van der Waals surface area contributed by atoms with Gasteiger partial charge in [-0.15, -0.1) is 0 Å². The zero-order chi connectivity index (χ0) is 13.5. The molecule has 0 amide bonds. The van der Waals surface area contributed by atoms with Crippen molar-refractivity contribution in [2.45, 2.75) is 46.0 Å². The molecule has 0 fully saturated rings. The second-order valence-corrected chi connectivity index (χ2v) is 5.01. The van der Waals surface area contributed by atoms with Crippen molar-refractivity contribution in [3.63, 3.8) is 0 Å². The molecule has 0 saturated heterocycles. The Balaban J connectivity index is 2.27. The van der Waals surface area contributed by atoms with Gasteiger partial charge >= 0.3 is 0 Å². The fourth-order valence-corrected chi connectivity index (χ4v) is 2.59. The number of rotatable bonds is 7. The van der Waals surface area contributed by atoms with Crippen LogP contribution in [0.3, 0.4) is 0 Å². The highest BCUT2D eigenvalue weighted by molar-refractivity contribution is 5.87. The van der Waals surface area contributed by atoms with Gasteiger partial charge in [-0.05, 0) is 36.6 Å². The largest absolute Gasteiger partial charge is 0.494 e. The first-order valence-corrected chi connectivity index (χ1v) is 7.50. The molecule has 2 aromatic rings. The molecule has 0 aliphatic rings. The lowest BCUT2D eigenvalue weighted by Crippen LogP contribution is -1.98. The molecular formula is C18H24O. The summed E-state index contributed by atoms with van der Waals surface area (Å²) >= 11 is 0.